The van der Waals surface area contributed by atoms with Gasteiger partial charge in [-0.2, -0.15) is 0 Å². The smallest absolute Gasteiger partial charge is 0.246 e. The third-order valence-electron chi connectivity index (χ3n) is 4.60. The van der Waals surface area contributed by atoms with E-state index in [1.54, 1.807) is 13.2 Å². The maximum atomic E-state index is 12.3. The van der Waals surface area contributed by atoms with Crippen LogP contribution in [0.25, 0.3) is 6.08 Å². The quantitative estimate of drug-likeness (QED) is 0.681. The number of amides is 1. The molecule has 0 radical (unpaired) electrons. The molecule has 0 aliphatic heterocycles. The van der Waals surface area contributed by atoms with E-state index in [0.717, 1.165) is 17.9 Å². The van der Waals surface area contributed by atoms with Gasteiger partial charge in [-0.05, 0) is 56.4 Å². The fourth-order valence-electron chi connectivity index (χ4n) is 3.28. The Kier molecular flexibility index (Phi) is 7.35. The Balaban J connectivity index is 1.96. The van der Waals surface area contributed by atoms with Crippen LogP contribution in [-0.4, -0.2) is 37.6 Å². The second-order valence-corrected chi connectivity index (χ2v) is 7.13. The molecule has 1 fully saturated rings. The van der Waals surface area contributed by atoms with Crippen LogP contribution in [0.4, 0.5) is 0 Å². The van der Waals surface area contributed by atoms with E-state index in [0.29, 0.717) is 11.7 Å². The van der Waals surface area contributed by atoms with Crippen LogP contribution in [0, 0.1) is 5.92 Å². The second kappa shape index (κ2) is 9.50. The zero-order chi connectivity index (χ0) is 18.2. The van der Waals surface area contributed by atoms with Gasteiger partial charge in [0.05, 0.1) is 13.2 Å². The first-order chi connectivity index (χ1) is 12.0. The lowest BCUT2D eigenvalue weighted by atomic mass is 9.89. The van der Waals surface area contributed by atoms with E-state index < -0.39 is 0 Å². The molecule has 1 aromatic carbocycles. The minimum absolute atomic E-state index is 0.0482. The summed E-state index contributed by atoms with van der Waals surface area (Å²) in [5, 5.41) is 0. The molecule has 1 aliphatic carbocycles. The molecule has 0 spiro atoms. The van der Waals surface area contributed by atoms with Gasteiger partial charge in [0.25, 0.3) is 0 Å². The number of carbonyl (C=O) groups is 1. The van der Waals surface area contributed by atoms with E-state index >= 15 is 0 Å². The zero-order valence-corrected chi connectivity index (χ0v) is 16.0. The van der Waals surface area contributed by atoms with Gasteiger partial charge in [-0.15, -0.1) is 0 Å². The minimum Gasteiger partial charge on any atom is -0.493 e. The maximum Gasteiger partial charge on any atom is 0.246 e. The Labute approximate surface area is 151 Å². The Morgan fingerprint density at radius 1 is 1.24 bits per heavy atom. The molecule has 4 nitrogen and oxygen atoms in total. The molecule has 0 bridgehead atoms. The van der Waals surface area contributed by atoms with E-state index in [9.17, 15) is 4.79 Å². The topological polar surface area (TPSA) is 38.8 Å². The summed E-state index contributed by atoms with van der Waals surface area (Å²) in [7, 11) is 3.51. The van der Waals surface area contributed by atoms with Gasteiger partial charge in [0.15, 0.2) is 11.5 Å². The van der Waals surface area contributed by atoms with Crippen LogP contribution >= 0.6 is 0 Å². The Bertz CT molecular complexity index is 589. The van der Waals surface area contributed by atoms with E-state index in [1.807, 2.05) is 50.1 Å². The number of hydrogen-bond acceptors (Lipinski definition) is 3. The number of rotatable bonds is 7. The molecule has 1 aliphatic rings. The summed E-state index contributed by atoms with van der Waals surface area (Å²) in [6.07, 6.45) is 9.99. The highest BCUT2D eigenvalue weighted by molar-refractivity contribution is 5.91. The molecule has 1 aromatic rings. The highest BCUT2D eigenvalue weighted by Crippen LogP contribution is 2.29. The van der Waals surface area contributed by atoms with Crippen LogP contribution in [0.5, 0.6) is 11.5 Å². The average molecular weight is 345 g/mol. The molecule has 1 saturated carbocycles. The summed E-state index contributed by atoms with van der Waals surface area (Å²) in [4.78, 5) is 14.2. The average Bonchev–Trinajstić information content (AvgIpc) is 2.60. The van der Waals surface area contributed by atoms with Crippen molar-refractivity contribution in [1.82, 2.24) is 4.90 Å². The van der Waals surface area contributed by atoms with Gasteiger partial charge in [0, 0.05) is 19.7 Å². The minimum atomic E-state index is 0.0482. The molecule has 0 N–H and O–H groups in total. The first-order valence-corrected chi connectivity index (χ1v) is 9.27. The Hall–Kier alpha value is -1.97. The van der Waals surface area contributed by atoms with Crippen molar-refractivity contribution in [2.75, 3.05) is 20.7 Å². The van der Waals surface area contributed by atoms with Crippen molar-refractivity contribution in [3.63, 3.8) is 0 Å². The number of ether oxygens (including phenoxy) is 2. The lowest BCUT2D eigenvalue weighted by Gasteiger charge is -2.26. The van der Waals surface area contributed by atoms with Crippen molar-refractivity contribution in [1.29, 1.82) is 0 Å². The largest absolute Gasteiger partial charge is 0.493 e. The predicted octanol–water partition coefficient (Wildman–Crippen LogP) is 4.53. The number of carbonyl (C=O) groups excluding carboxylic acids is 1. The fourth-order valence-corrected chi connectivity index (χ4v) is 3.28. The first kappa shape index (κ1) is 19.4. The summed E-state index contributed by atoms with van der Waals surface area (Å²) < 4.78 is 11.1. The molecular weight excluding hydrogens is 314 g/mol. The van der Waals surface area contributed by atoms with Gasteiger partial charge in [0.2, 0.25) is 5.91 Å². The fraction of sp³-hybridized carbons (Fsp3) is 0.571. The second-order valence-electron chi connectivity index (χ2n) is 7.13. The van der Waals surface area contributed by atoms with Crippen molar-refractivity contribution >= 4 is 12.0 Å². The van der Waals surface area contributed by atoms with Crippen molar-refractivity contribution < 1.29 is 14.3 Å². The van der Waals surface area contributed by atoms with Crippen LogP contribution in [0.1, 0.15) is 51.5 Å². The monoisotopic (exact) mass is 345 g/mol. The normalized spacial score (nSPS) is 15.6. The third kappa shape index (κ3) is 6.11. The molecule has 0 aromatic heterocycles. The van der Waals surface area contributed by atoms with E-state index in [4.69, 9.17) is 9.47 Å². The van der Waals surface area contributed by atoms with Crippen LogP contribution in [0.2, 0.25) is 0 Å². The molecule has 0 unspecified atom stereocenters. The SMILES string of the molecule is COc1cc(/C=C/C(=O)N(C)CC2CCCCC2)ccc1OC(C)C. The molecule has 138 valence electrons. The van der Waals surface area contributed by atoms with Crippen LogP contribution in [0.3, 0.4) is 0 Å². The third-order valence-corrected chi connectivity index (χ3v) is 4.60. The molecule has 2 rings (SSSR count). The zero-order valence-electron chi connectivity index (χ0n) is 16.0. The molecule has 0 atom stereocenters. The number of likely N-dealkylation sites (N-methyl/N-ethyl adjacent to an activating group) is 1. The molecule has 4 heteroatoms. The van der Waals surface area contributed by atoms with Crippen molar-refractivity contribution in [2.45, 2.75) is 52.1 Å². The van der Waals surface area contributed by atoms with Gasteiger partial charge in [-0.3, -0.25) is 4.79 Å². The molecule has 0 saturated heterocycles. The number of methoxy groups -OCH3 is 1. The summed E-state index contributed by atoms with van der Waals surface area (Å²) in [6, 6.07) is 5.71. The summed E-state index contributed by atoms with van der Waals surface area (Å²) in [6.45, 7) is 4.82. The highest BCUT2D eigenvalue weighted by atomic mass is 16.5. The van der Waals surface area contributed by atoms with Crippen LogP contribution in [-0.2, 0) is 4.79 Å². The van der Waals surface area contributed by atoms with Crippen molar-refractivity contribution in [3.05, 3.63) is 29.8 Å². The first-order valence-electron chi connectivity index (χ1n) is 9.27. The van der Waals surface area contributed by atoms with Gasteiger partial charge in [0.1, 0.15) is 0 Å². The van der Waals surface area contributed by atoms with Crippen molar-refractivity contribution in [3.8, 4) is 11.5 Å². The summed E-state index contributed by atoms with van der Waals surface area (Å²) in [5.74, 6) is 2.10. The molecule has 0 heterocycles. The standard InChI is InChI=1S/C21H31NO3/c1-16(2)25-19-12-10-17(14-20(19)24-4)11-13-21(23)22(3)15-18-8-6-5-7-9-18/h10-14,16,18H,5-9,15H2,1-4H3/b13-11+. The van der Waals surface area contributed by atoms with Crippen molar-refractivity contribution in [2.24, 2.45) is 5.92 Å². The van der Waals surface area contributed by atoms with E-state index in [-0.39, 0.29) is 12.0 Å². The maximum absolute atomic E-state index is 12.3. The van der Waals surface area contributed by atoms with Gasteiger partial charge < -0.3 is 14.4 Å². The molecule has 25 heavy (non-hydrogen) atoms. The summed E-state index contributed by atoms with van der Waals surface area (Å²) in [5.41, 5.74) is 0.923. The van der Waals surface area contributed by atoms with Crippen LogP contribution < -0.4 is 9.47 Å². The van der Waals surface area contributed by atoms with Gasteiger partial charge in [-0.25, -0.2) is 0 Å². The van der Waals surface area contributed by atoms with Crippen LogP contribution in [0.15, 0.2) is 24.3 Å². The predicted molar refractivity (Wildman–Crippen MR) is 102 cm³/mol. The summed E-state index contributed by atoms with van der Waals surface area (Å²) >= 11 is 0. The number of benzene rings is 1. The van der Waals surface area contributed by atoms with Gasteiger partial charge >= 0.3 is 0 Å². The highest BCUT2D eigenvalue weighted by Gasteiger charge is 2.17. The number of nitrogens with zero attached hydrogens (tertiary/aromatic N) is 1. The Morgan fingerprint density at radius 2 is 1.96 bits per heavy atom. The lowest BCUT2D eigenvalue weighted by molar-refractivity contribution is -0.125. The van der Waals surface area contributed by atoms with E-state index in [1.165, 1.54) is 32.1 Å². The molecular formula is C21H31NO3. The van der Waals surface area contributed by atoms with Gasteiger partial charge in [-0.1, -0.05) is 25.3 Å². The van der Waals surface area contributed by atoms with E-state index in [2.05, 4.69) is 0 Å². The Morgan fingerprint density at radius 3 is 2.60 bits per heavy atom. The lowest BCUT2D eigenvalue weighted by Crippen LogP contribution is -2.31. The molecule has 1 amide bonds. The number of hydrogen-bond donors (Lipinski definition) is 0.